The number of anilines is 1. The number of nitrogens with zero attached hydrogens (tertiary/aromatic N) is 1. The number of carbonyl (C=O) groups is 1. The van der Waals surface area contributed by atoms with E-state index in [1.54, 1.807) is 0 Å². The molecule has 0 unspecified atom stereocenters. The van der Waals surface area contributed by atoms with Crippen LogP contribution in [0.25, 0.3) is 11.1 Å². The molecular formula is C31H32N2O3. The number of benzene rings is 4. The van der Waals surface area contributed by atoms with E-state index >= 15 is 0 Å². The maximum absolute atomic E-state index is 11.6. The highest BCUT2D eigenvalue weighted by atomic mass is 16.5. The minimum absolute atomic E-state index is 0.320. The highest BCUT2D eigenvalue weighted by Crippen LogP contribution is 2.30. The molecule has 2 N–H and O–H groups in total. The van der Waals surface area contributed by atoms with Crippen LogP contribution in [0.2, 0.25) is 0 Å². The van der Waals surface area contributed by atoms with Gasteiger partial charge in [0.1, 0.15) is 5.75 Å². The summed E-state index contributed by atoms with van der Waals surface area (Å²) < 4.78 is 6.16. The number of rotatable bonds is 8. The predicted molar refractivity (Wildman–Crippen MR) is 145 cm³/mol. The summed E-state index contributed by atoms with van der Waals surface area (Å²) in [5.74, 6) is 1.42. The summed E-state index contributed by atoms with van der Waals surface area (Å²) in [5.41, 5.74) is 4.91. The number of amides is 1. The van der Waals surface area contributed by atoms with Gasteiger partial charge in [0.2, 0.25) is 0 Å². The average molecular weight is 481 g/mol. The van der Waals surface area contributed by atoms with Crippen molar-refractivity contribution in [1.82, 2.24) is 4.90 Å². The molecule has 0 radical (unpaired) electrons. The molecule has 0 aliphatic carbocycles. The molecule has 0 aliphatic heterocycles. The largest absolute Gasteiger partial charge is 0.465 e. The summed E-state index contributed by atoms with van der Waals surface area (Å²) in [6.07, 6.45) is -0.933. The molecule has 0 fully saturated rings. The molecule has 5 nitrogen and oxygen atoms in total. The molecule has 0 aromatic heterocycles. The van der Waals surface area contributed by atoms with E-state index in [2.05, 4.69) is 41.7 Å². The van der Waals surface area contributed by atoms with Crippen LogP contribution in [0.3, 0.4) is 0 Å². The lowest BCUT2D eigenvalue weighted by Crippen LogP contribution is -2.44. The van der Waals surface area contributed by atoms with Crippen molar-refractivity contribution in [3.8, 4) is 22.6 Å². The lowest BCUT2D eigenvalue weighted by molar-refractivity contribution is 0.0955. The number of ether oxygens (including phenoxy) is 1. The van der Waals surface area contributed by atoms with E-state index in [-0.39, 0.29) is 0 Å². The summed E-state index contributed by atoms with van der Waals surface area (Å²) in [6, 6.07) is 34.3. The van der Waals surface area contributed by atoms with Crippen molar-refractivity contribution in [3.05, 3.63) is 114 Å². The Morgan fingerprint density at radius 3 is 2.00 bits per heavy atom. The smallest absolute Gasteiger partial charge is 0.408 e. The Morgan fingerprint density at radius 2 is 1.36 bits per heavy atom. The molecule has 0 aliphatic rings. The fraction of sp³-hybridized carbons (Fsp3) is 0.194. The highest BCUT2D eigenvalue weighted by Gasteiger charge is 2.26. The van der Waals surface area contributed by atoms with Crippen LogP contribution < -0.4 is 10.1 Å². The third-order valence-corrected chi connectivity index (χ3v) is 5.96. The second-order valence-electron chi connectivity index (χ2n) is 9.70. The SMILES string of the molecule is CC(C)(C)N(Cc1ccc(Oc2ccccc2NCc2ccc(-c3ccccc3)cc2)cc1)C(=O)O. The number of nitrogens with one attached hydrogen (secondary N) is 1. The van der Waals surface area contributed by atoms with Gasteiger partial charge in [-0.3, -0.25) is 4.90 Å². The summed E-state index contributed by atoms with van der Waals surface area (Å²) >= 11 is 0. The number of carboxylic acid groups (broad SMARTS) is 1. The minimum atomic E-state index is -0.933. The lowest BCUT2D eigenvalue weighted by atomic mass is 10.0. The van der Waals surface area contributed by atoms with E-state index in [9.17, 15) is 9.90 Å². The van der Waals surface area contributed by atoms with Crippen LogP contribution in [0.15, 0.2) is 103 Å². The quantitative estimate of drug-likeness (QED) is 0.268. The highest BCUT2D eigenvalue weighted by molar-refractivity contribution is 5.66. The van der Waals surface area contributed by atoms with Gasteiger partial charge in [-0.1, -0.05) is 78.9 Å². The molecule has 4 aromatic carbocycles. The minimum Gasteiger partial charge on any atom is -0.465 e. The maximum atomic E-state index is 11.6. The molecule has 0 spiro atoms. The van der Waals surface area contributed by atoms with Crippen LogP contribution in [0.4, 0.5) is 10.5 Å². The molecule has 1 amide bonds. The first kappa shape index (κ1) is 24.9. The molecule has 0 saturated carbocycles. The Kier molecular flexibility index (Phi) is 7.59. The van der Waals surface area contributed by atoms with Crippen molar-refractivity contribution >= 4 is 11.8 Å². The van der Waals surface area contributed by atoms with Gasteiger partial charge in [-0.25, -0.2) is 4.79 Å². The van der Waals surface area contributed by atoms with E-state index in [1.165, 1.54) is 21.6 Å². The van der Waals surface area contributed by atoms with Crippen molar-refractivity contribution in [2.75, 3.05) is 5.32 Å². The van der Waals surface area contributed by atoms with Gasteiger partial charge in [-0.05, 0) is 67.3 Å². The van der Waals surface area contributed by atoms with Gasteiger partial charge >= 0.3 is 6.09 Å². The van der Waals surface area contributed by atoms with Gasteiger partial charge in [-0.2, -0.15) is 0 Å². The molecule has 0 saturated heterocycles. The molecular weight excluding hydrogens is 448 g/mol. The van der Waals surface area contributed by atoms with Crippen molar-refractivity contribution in [1.29, 1.82) is 0 Å². The summed E-state index contributed by atoms with van der Waals surface area (Å²) in [5, 5.41) is 13.0. The monoisotopic (exact) mass is 480 g/mol. The maximum Gasteiger partial charge on any atom is 0.408 e. The topological polar surface area (TPSA) is 61.8 Å². The Labute approximate surface area is 213 Å². The first-order chi connectivity index (χ1) is 17.3. The molecule has 0 heterocycles. The Balaban J connectivity index is 1.40. The van der Waals surface area contributed by atoms with E-state index in [1.807, 2.05) is 87.5 Å². The third kappa shape index (κ3) is 6.45. The van der Waals surface area contributed by atoms with Gasteiger partial charge in [0, 0.05) is 18.6 Å². The number of hydrogen-bond acceptors (Lipinski definition) is 3. The molecule has 4 rings (SSSR count). The van der Waals surface area contributed by atoms with E-state index < -0.39 is 11.6 Å². The van der Waals surface area contributed by atoms with Crippen LogP contribution >= 0.6 is 0 Å². The van der Waals surface area contributed by atoms with E-state index in [4.69, 9.17) is 4.74 Å². The lowest BCUT2D eigenvalue weighted by Gasteiger charge is -2.33. The Hall–Kier alpha value is -4.25. The summed E-state index contributed by atoms with van der Waals surface area (Å²) in [4.78, 5) is 13.1. The standard InChI is InChI=1S/C31H32N2O3/c1-31(2,3)33(30(34)35)22-24-15-19-27(20-16-24)36-29-12-8-7-11-28(29)32-21-23-13-17-26(18-14-23)25-9-5-4-6-10-25/h4-20,32H,21-22H2,1-3H3,(H,34,35). The zero-order chi connectivity index (χ0) is 25.5. The van der Waals surface area contributed by atoms with Crippen LogP contribution in [0.1, 0.15) is 31.9 Å². The van der Waals surface area contributed by atoms with Crippen molar-refractivity contribution in [2.24, 2.45) is 0 Å². The van der Waals surface area contributed by atoms with Crippen LogP contribution in [0.5, 0.6) is 11.5 Å². The molecule has 36 heavy (non-hydrogen) atoms. The molecule has 4 aromatic rings. The zero-order valence-electron chi connectivity index (χ0n) is 20.9. The van der Waals surface area contributed by atoms with Crippen LogP contribution in [-0.4, -0.2) is 21.6 Å². The number of hydrogen-bond donors (Lipinski definition) is 2. The molecule has 0 atom stereocenters. The van der Waals surface area contributed by atoms with Crippen molar-refractivity contribution in [3.63, 3.8) is 0 Å². The predicted octanol–water partition coefficient (Wildman–Crippen LogP) is 8.04. The van der Waals surface area contributed by atoms with Crippen molar-refractivity contribution in [2.45, 2.75) is 39.4 Å². The fourth-order valence-corrected chi connectivity index (χ4v) is 3.91. The van der Waals surface area contributed by atoms with Gasteiger partial charge in [0.15, 0.2) is 5.75 Å². The summed E-state index contributed by atoms with van der Waals surface area (Å²) in [7, 11) is 0. The van der Waals surface area contributed by atoms with Gasteiger partial charge < -0.3 is 15.2 Å². The first-order valence-corrected chi connectivity index (χ1v) is 12.0. The Bertz CT molecular complexity index is 1280. The van der Waals surface area contributed by atoms with Crippen LogP contribution in [-0.2, 0) is 13.1 Å². The first-order valence-electron chi connectivity index (χ1n) is 12.0. The van der Waals surface area contributed by atoms with Gasteiger partial charge in [0.05, 0.1) is 5.69 Å². The molecule has 0 bridgehead atoms. The van der Waals surface area contributed by atoms with Gasteiger partial charge in [-0.15, -0.1) is 0 Å². The van der Waals surface area contributed by atoms with E-state index in [0.717, 1.165) is 17.0 Å². The summed E-state index contributed by atoms with van der Waals surface area (Å²) in [6.45, 7) is 6.66. The fourth-order valence-electron chi connectivity index (χ4n) is 3.91. The van der Waals surface area contributed by atoms with Crippen LogP contribution in [0, 0.1) is 0 Å². The molecule has 5 heteroatoms. The average Bonchev–Trinajstić information content (AvgIpc) is 2.87. The Morgan fingerprint density at radius 1 is 0.778 bits per heavy atom. The molecule has 184 valence electrons. The second kappa shape index (κ2) is 11.0. The zero-order valence-corrected chi connectivity index (χ0v) is 20.9. The second-order valence-corrected chi connectivity index (χ2v) is 9.70. The number of para-hydroxylation sites is 2. The normalized spacial score (nSPS) is 11.1. The van der Waals surface area contributed by atoms with Crippen molar-refractivity contribution < 1.29 is 14.6 Å². The van der Waals surface area contributed by atoms with Gasteiger partial charge in [0.25, 0.3) is 0 Å². The third-order valence-electron chi connectivity index (χ3n) is 5.96. The van der Waals surface area contributed by atoms with E-state index in [0.29, 0.717) is 18.8 Å².